The van der Waals surface area contributed by atoms with E-state index in [1.54, 1.807) is 0 Å². The average Bonchev–Trinajstić information content (AvgIpc) is 3.04. The fourth-order valence-corrected chi connectivity index (χ4v) is 2.17. The van der Waals surface area contributed by atoms with E-state index in [2.05, 4.69) is 5.32 Å². The fourth-order valence-electron chi connectivity index (χ4n) is 2.01. The van der Waals surface area contributed by atoms with Gasteiger partial charge in [0.15, 0.2) is 0 Å². The summed E-state index contributed by atoms with van der Waals surface area (Å²) in [6.45, 7) is 0. The van der Waals surface area contributed by atoms with Crippen LogP contribution in [-0.2, 0) is 7.05 Å². The van der Waals surface area contributed by atoms with Crippen LogP contribution < -0.4 is 5.32 Å². The monoisotopic (exact) mass is 248 g/mol. The molecule has 4 heteroatoms. The molecule has 0 saturated heterocycles. The molecule has 1 aromatic heterocycles. The number of amides is 1. The van der Waals surface area contributed by atoms with Gasteiger partial charge < -0.3 is 9.88 Å². The third-order valence-electron chi connectivity index (χ3n) is 3.15. The maximum Gasteiger partial charge on any atom is 0.268 e. The average molecular weight is 249 g/mol. The lowest BCUT2D eigenvalue weighted by molar-refractivity contribution is 0.0943. The van der Waals surface area contributed by atoms with Gasteiger partial charge in [-0.25, -0.2) is 0 Å². The summed E-state index contributed by atoms with van der Waals surface area (Å²) in [6.07, 6.45) is 2.20. The number of aromatic nitrogens is 1. The summed E-state index contributed by atoms with van der Waals surface area (Å²) in [5.41, 5.74) is 1.67. The van der Waals surface area contributed by atoms with E-state index in [0.717, 1.165) is 23.7 Å². The van der Waals surface area contributed by atoms with Crippen molar-refractivity contribution in [3.63, 3.8) is 0 Å². The Bertz CT molecular complexity index is 599. The molecular weight excluding hydrogens is 236 g/mol. The number of benzene rings is 1. The molecule has 2 aromatic rings. The summed E-state index contributed by atoms with van der Waals surface area (Å²) < 4.78 is 1.89. The van der Waals surface area contributed by atoms with E-state index in [-0.39, 0.29) is 5.91 Å². The molecule has 17 heavy (non-hydrogen) atoms. The molecule has 1 aromatic carbocycles. The Hall–Kier alpha value is -1.48. The van der Waals surface area contributed by atoms with Crippen LogP contribution in [-0.4, -0.2) is 16.5 Å². The van der Waals surface area contributed by atoms with Gasteiger partial charge >= 0.3 is 0 Å². The molecule has 0 aliphatic heterocycles. The number of halogens is 1. The van der Waals surface area contributed by atoms with E-state index < -0.39 is 0 Å². The van der Waals surface area contributed by atoms with Crippen LogP contribution >= 0.6 is 11.6 Å². The van der Waals surface area contributed by atoms with E-state index in [1.807, 2.05) is 35.9 Å². The van der Waals surface area contributed by atoms with Crippen molar-refractivity contribution >= 4 is 28.4 Å². The predicted molar refractivity (Wildman–Crippen MR) is 68.4 cm³/mol. The highest BCUT2D eigenvalue weighted by molar-refractivity contribution is 6.31. The zero-order valence-corrected chi connectivity index (χ0v) is 10.3. The Balaban J connectivity index is 2.03. The zero-order chi connectivity index (χ0) is 12.0. The van der Waals surface area contributed by atoms with Gasteiger partial charge in [-0.1, -0.05) is 17.7 Å². The maximum absolute atomic E-state index is 12.0. The van der Waals surface area contributed by atoms with Crippen LogP contribution in [0.5, 0.6) is 0 Å². The number of aryl methyl sites for hydroxylation is 1. The summed E-state index contributed by atoms with van der Waals surface area (Å²) in [5.74, 6) is 0.00215. The number of hydrogen-bond acceptors (Lipinski definition) is 1. The van der Waals surface area contributed by atoms with E-state index in [4.69, 9.17) is 11.6 Å². The molecule has 0 spiro atoms. The van der Waals surface area contributed by atoms with Crippen LogP contribution in [0.3, 0.4) is 0 Å². The van der Waals surface area contributed by atoms with Crippen molar-refractivity contribution < 1.29 is 4.79 Å². The van der Waals surface area contributed by atoms with Gasteiger partial charge in [0.1, 0.15) is 5.69 Å². The van der Waals surface area contributed by atoms with Crippen molar-refractivity contribution in [2.45, 2.75) is 18.9 Å². The molecular formula is C13H13ClN2O. The minimum Gasteiger partial charge on any atom is -0.348 e. The largest absolute Gasteiger partial charge is 0.348 e. The van der Waals surface area contributed by atoms with Crippen LogP contribution in [0.4, 0.5) is 0 Å². The van der Waals surface area contributed by atoms with E-state index in [0.29, 0.717) is 16.8 Å². The smallest absolute Gasteiger partial charge is 0.268 e. The van der Waals surface area contributed by atoms with Crippen molar-refractivity contribution in [1.29, 1.82) is 0 Å². The SMILES string of the molecule is Cn1c(C(=O)NC2CC2)cc2ccc(Cl)cc21. The molecule has 1 saturated carbocycles. The van der Waals surface area contributed by atoms with Crippen molar-refractivity contribution in [3.8, 4) is 0 Å². The van der Waals surface area contributed by atoms with Gasteiger partial charge in [0.05, 0.1) is 0 Å². The van der Waals surface area contributed by atoms with Crippen molar-refractivity contribution in [2.75, 3.05) is 0 Å². The fraction of sp³-hybridized carbons (Fsp3) is 0.308. The van der Waals surface area contributed by atoms with Crippen LogP contribution in [0.2, 0.25) is 5.02 Å². The molecule has 1 aliphatic carbocycles. The number of hydrogen-bond donors (Lipinski definition) is 1. The van der Waals surface area contributed by atoms with Crippen molar-refractivity contribution in [1.82, 2.24) is 9.88 Å². The number of rotatable bonds is 2. The molecule has 0 atom stereocenters. The summed E-state index contributed by atoms with van der Waals surface area (Å²) in [5, 5.41) is 4.72. The number of fused-ring (bicyclic) bond motifs is 1. The topological polar surface area (TPSA) is 34.0 Å². The van der Waals surface area contributed by atoms with E-state index >= 15 is 0 Å². The third-order valence-corrected chi connectivity index (χ3v) is 3.39. The summed E-state index contributed by atoms with van der Waals surface area (Å²) in [4.78, 5) is 12.0. The maximum atomic E-state index is 12.0. The molecule has 3 rings (SSSR count). The lowest BCUT2D eigenvalue weighted by atomic mass is 10.2. The number of carbonyl (C=O) groups excluding carboxylic acids is 1. The summed E-state index contributed by atoms with van der Waals surface area (Å²) in [7, 11) is 1.89. The lowest BCUT2D eigenvalue weighted by Gasteiger charge is -2.04. The second-order valence-electron chi connectivity index (χ2n) is 4.54. The first kappa shape index (κ1) is 10.7. The van der Waals surface area contributed by atoms with Crippen molar-refractivity contribution in [2.24, 2.45) is 7.05 Å². The van der Waals surface area contributed by atoms with Crippen LogP contribution in [0.25, 0.3) is 10.9 Å². The van der Waals surface area contributed by atoms with Gasteiger partial charge in [0, 0.05) is 29.0 Å². The molecule has 1 heterocycles. The molecule has 0 unspecified atom stereocenters. The molecule has 0 radical (unpaired) electrons. The Labute approximate surface area is 104 Å². The molecule has 1 aliphatic rings. The third kappa shape index (κ3) is 1.91. The van der Waals surface area contributed by atoms with Crippen LogP contribution in [0.1, 0.15) is 23.3 Å². The van der Waals surface area contributed by atoms with Gasteiger partial charge in [-0.2, -0.15) is 0 Å². The van der Waals surface area contributed by atoms with Crippen molar-refractivity contribution in [3.05, 3.63) is 35.0 Å². The first-order chi connectivity index (χ1) is 8.15. The minimum absolute atomic E-state index is 0.00215. The number of nitrogens with zero attached hydrogens (tertiary/aromatic N) is 1. The van der Waals surface area contributed by atoms with E-state index in [9.17, 15) is 4.79 Å². The van der Waals surface area contributed by atoms with Gasteiger partial charge in [0.25, 0.3) is 5.91 Å². The highest BCUT2D eigenvalue weighted by Gasteiger charge is 2.25. The van der Waals surface area contributed by atoms with Crippen LogP contribution in [0.15, 0.2) is 24.3 Å². The van der Waals surface area contributed by atoms with Gasteiger partial charge in [-0.3, -0.25) is 4.79 Å². The minimum atomic E-state index is 0.00215. The lowest BCUT2D eigenvalue weighted by Crippen LogP contribution is -2.27. The van der Waals surface area contributed by atoms with Gasteiger partial charge in [0.2, 0.25) is 0 Å². The Kier molecular flexibility index (Phi) is 2.37. The van der Waals surface area contributed by atoms with E-state index in [1.165, 1.54) is 0 Å². The first-order valence-electron chi connectivity index (χ1n) is 5.71. The molecule has 0 bridgehead atoms. The Morgan fingerprint density at radius 2 is 2.18 bits per heavy atom. The standard InChI is InChI=1S/C13H13ClN2O/c1-16-11-7-9(14)3-2-8(11)6-12(16)13(17)15-10-4-5-10/h2-3,6-7,10H,4-5H2,1H3,(H,15,17). The number of carbonyl (C=O) groups is 1. The normalized spacial score (nSPS) is 15.2. The Morgan fingerprint density at radius 3 is 2.88 bits per heavy atom. The second kappa shape index (κ2) is 3.77. The highest BCUT2D eigenvalue weighted by atomic mass is 35.5. The molecule has 1 fully saturated rings. The molecule has 88 valence electrons. The highest BCUT2D eigenvalue weighted by Crippen LogP contribution is 2.24. The molecule has 3 nitrogen and oxygen atoms in total. The predicted octanol–water partition coefficient (Wildman–Crippen LogP) is 2.72. The first-order valence-corrected chi connectivity index (χ1v) is 6.09. The number of nitrogens with one attached hydrogen (secondary N) is 1. The van der Waals surface area contributed by atoms with Gasteiger partial charge in [-0.15, -0.1) is 0 Å². The molecule has 1 amide bonds. The summed E-state index contributed by atoms with van der Waals surface area (Å²) >= 11 is 5.96. The van der Waals surface area contributed by atoms with Gasteiger partial charge in [-0.05, 0) is 31.0 Å². The second-order valence-corrected chi connectivity index (χ2v) is 4.98. The zero-order valence-electron chi connectivity index (χ0n) is 9.53. The quantitative estimate of drug-likeness (QED) is 0.871. The summed E-state index contributed by atoms with van der Waals surface area (Å²) in [6, 6.07) is 7.94. The van der Waals surface area contributed by atoms with Crippen LogP contribution in [0, 0.1) is 0 Å². The molecule has 1 N–H and O–H groups in total. The Morgan fingerprint density at radius 1 is 1.41 bits per heavy atom.